The van der Waals surface area contributed by atoms with E-state index in [4.69, 9.17) is 11.6 Å². The molecule has 192 valence electrons. The van der Waals surface area contributed by atoms with Gasteiger partial charge in [-0.3, -0.25) is 9.59 Å². The number of hydrogen-bond donors (Lipinski definition) is 1. The van der Waals surface area contributed by atoms with E-state index < -0.39 is 11.5 Å². The molecule has 2 unspecified atom stereocenters. The fraction of sp³-hybridized carbons (Fsp3) is 0.419. The lowest BCUT2D eigenvalue weighted by molar-refractivity contribution is -0.139. The predicted octanol–water partition coefficient (Wildman–Crippen LogP) is 7.16. The number of ketones is 1. The number of rotatable bonds is 4. The third-order valence-electron chi connectivity index (χ3n) is 7.06. The average Bonchev–Trinajstić information content (AvgIpc) is 2.88. The Bertz CT molecular complexity index is 1080. The minimum absolute atomic E-state index is 0.00892. The van der Waals surface area contributed by atoms with E-state index in [-0.39, 0.29) is 18.1 Å². The van der Waals surface area contributed by atoms with Crippen molar-refractivity contribution in [2.75, 3.05) is 18.0 Å². The molecule has 2 heterocycles. The average molecular weight is 507 g/mol. The molecule has 0 spiro atoms. The first-order chi connectivity index (χ1) is 17.2. The second kappa shape index (κ2) is 12.4. The number of amides is 1. The molecule has 0 radical (unpaired) electrons. The van der Waals surface area contributed by atoms with Gasteiger partial charge >= 0.3 is 0 Å². The van der Waals surface area contributed by atoms with Crippen LogP contribution < -0.4 is 10.2 Å². The number of nitrogens with zero attached hydrogens (tertiary/aromatic N) is 1. The summed E-state index contributed by atoms with van der Waals surface area (Å²) >= 11 is 5.71. The van der Waals surface area contributed by atoms with E-state index in [1.807, 2.05) is 58.0 Å². The first-order valence-electron chi connectivity index (χ1n) is 12.9. The number of piperidine rings is 2. The van der Waals surface area contributed by atoms with Crippen LogP contribution in [0.5, 0.6) is 0 Å². The van der Waals surface area contributed by atoms with Gasteiger partial charge in [0.2, 0.25) is 5.91 Å². The Labute approximate surface area is 221 Å². The van der Waals surface area contributed by atoms with Crippen molar-refractivity contribution >= 4 is 29.0 Å². The topological polar surface area (TPSA) is 49.4 Å². The van der Waals surface area contributed by atoms with E-state index in [0.29, 0.717) is 0 Å². The van der Waals surface area contributed by atoms with Crippen LogP contribution in [0.25, 0.3) is 0 Å². The summed E-state index contributed by atoms with van der Waals surface area (Å²) in [6.07, 6.45) is 8.13. The number of halogens is 1. The Balaban J connectivity index is 0.000000383. The van der Waals surface area contributed by atoms with Gasteiger partial charge in [0.25, 0.3) is 0 Å². The number of anilines is 1. The second-order valence-electron chi connectivity index (χ2n) is 10.1. The van der Waals surface area contributed by atoms with Gasteiger partial charge in [-0.2, -0.15) is 0 Å². The van der Waals surface area contributed by atoms with E-state index in [0.717, 1.165) is 40.4 Å². The molecule has 2 aromatic carbocycles. The molecule has 5 heteroatoms. The molecule has 4 rings (SSSR count). The number of carbonyl (C=O) groups is 2. The summed E-state index contributed by atoms with van der Waals surface area (Å²) in [4.78, 5) is 27.7. The molecule has 1 amide bonds. The van der Waals surface area contributed by atoms with Crippen LogP contribution in [0, 0.1) is 12.8 Å². The first kappa shape index (κ1) is 27.7. The zero-order valence-corrected chi connectivity index (χ0v) is 23.0. The van der Waals surface area contributed by atoms with E-state index in [1.54, 1.807) is 6.92 Å². The smallest absolute Gasteiger partial charge is 0.231 e. The lowest BCUT2D eigenvalue weighted by Gasteiger charge is -2.41. The van der Waals surface area contributed by atoms with Gasteiger partial charge in [-0.05, 0) is 88.8 Å². The van der Waals surface area contributed by atoms with Crippen LogP contribution in [0.2, 0.25) is 5.02 Å². The highest BCUT2D eigenvalue weighted by atomic mass is 35.5. The third-order valence-corrected chi connectivity index (χ3v) is 7.48. The quantitative estimate of drug-likeness (QED) is 0.353. The Morgan fingerprint density at radius 1 is 1.03 bits per heavy atom. The van der Waals surface area contributed by atoms with Crippen molar-refractivity contribution in [3.8, 4) is 0 Å². The second-order valence-corrected chi connectivity index (χ2v) is 10.5. The summed E-state index contributed by atoms with van der Waals surface area (Å²) in [5, 5.41) is 4.04. The van der Waals surface area contributed by atoms with Gasteiger partial charge in [0.15, 0.2) is 0 Å². The van der Waals surface area contributed by atoms with E-state index in [2.05, 4.69) is 40.6 Å². The number of aryl methyl sites for hydroxylation is 1. The van der Waals surface area contributed by atoms with Crippen molar-refractivity contribution in [3.63, 3.8) is 0 Å². The van der Waals surface area contributed by atoms with Crippen LogP contribution >= 0.6 is 11.6 Å². The summed E-state index contributed by atoms with van der Waals surface area (Å²) in [6.45, 7) is 11.9. The highest BCUT2D eigenvalue weighted by Crippen LogP contribution is 2.39. The van der Waals surface area contributed by atoms with Crippen molar-refractivity contribution in [2.24, 2.45) is 5.92 Å². The minimum atomic E-state index is -0.798. The molecule has 2 aromatic rings. The number of Topliss-reactive ketones (excluding diaryl/α,β-unsaturated/α-hetero) is 1. The Kier molecular flexibility index (Phi) is 9.56. The van der Waals surface area contributed by atoms with Crippen molar-refractivity contribution < 1.29 is 9.59 Å². The fourth-order valence-corrected chi connectivity index (χ4v) is 5.00. The van der Waals surface area contributed by atoms with Crippen LogP contribution in [0.3, 0.4) is 0 Å². The molecule has 4 nitrogen and oxygen atoms in total. The highest BCUT2D eigenvalue weighted by Gasteiger charge is 2.45. The predicted molar refractivity (Wildman–Crippen MR) is 150 cm³/mol. The molecule has 0 aliphatic carbocycles. The van der Waals surface area contributed by atoms with Crippen molar-refractivity contribution in [1.29, 1.82) is 0 Å². The molecule has 2 aliphatic heterocycles. The SMILES string of the molecule is C/C=C(\C=C(C)C)C1(c2ccc(N3CCCCC3)cc2)CC(=O)C(C)C(=O)N1.Cc1ccccc1Cl. The molecule has 0 aromatic heterocycles. The lowest BCUT2D eigenvalue weighted by Crippen LogP contribution is -2.56. The highest BCUT2D eigenvalue weighted by molar-refractivity contribution is 6.31. The largest absolute Gasteiger partial charge is 0.372 e. The van der Waals surface area contributed by atoms with Crippen molar-refractivity contribution in [1.82, 2.24) is 5.32 Å². The summed E-state index contributed by atoms with van der Waals surface area (Å²) in [5.41, 5.74) is 4.61. The molecular weight excluding hydrogens is 468 g/mol. The Morgan fingerprint density at radius 3 is 2.17 bits per heavy atom. The first-order valence-corrected chi connectivity index (χ1v) is 13.3. The van der Waals surface area contributed by atoms with Crippen molar-refractivity contribution in [2.45, 2.75) is 65.8 Å². The maximum atomic E-state index is 12.7. The molecule has 2 aliphatic rings. The number of allylic oxidation sites excluding steroid dienone is 2. The van der Waals surface area contributed by atoms with Crippen LogP contribution in [-0.2, 0) is 15.1 Å². The summed E-state index contributed by atoms with van der Waals surface area (Å²) in [6, 6.07) is 16.2. The molecule has 0 bridgehead atoms. The van der Waals surface area contributed by atoms with Gasteiger partial charge in [-0.1, -0.05) is 59.7 Å². The van der Waals surface area contributed by atoms with Crippen LogP contribution in [0.4, 0.5) is 5.69 Å². The molecule has 1 N–H and O–H groups in total. The summed E-state index contributed by atoms with van der Waals surface area (Å²) in [5.74, 6) is -0.797. The maximum Gasteiger partial charge on any atom is 0.231 e. The van der Waals surface area contributed by atoms with Gasteiger partial charge in [0.1, 0.15) is 5.78 Å². The number of carbonyl (C=O) groups excluding carboxylic acids is 2. The van der Waals surface area contributed by atoms with Gasteiger partial charge in [-0.15, -0.1) is 0 Å². The lowest BCUT2D eigenvalue weighted by atomic mass is 9.73. The number of nitrogens with one attached hydrogen (secondary N) is 1. The van der Waals surface area contributed by atoms with Crippen molar-refractivity contribution in [3.05, 3.63) is 88.0 Å². The minimum Gasteiger partial charge on any atom is -0.372 e. The molecule has 36 heavy (non-hydrogen) atoms. The van der Waals surface area contributed by atoms with Crippen LogP contribution in [-0.4, -0.2) is 24.8 Å². The van der Waals surface area contributed by atoms with Crippen LogP contribution in [0.15, 0.2) is 71.8 Å². The van der Waals surface area contributed by atoms with Gasteiger partial charge in [0.05, 0.1) is 11.5 Å². The zero-order valence-electron chi connectivity index (χ0n) is 22.2. The van der Waals surface area contributed by atoms with Gasteiger partial charge in [0, 0.05) is 30.2 Å². The van der Waals surface area contributed by atoms with Gasteiger partial charge < -0.3 is 10.2 Å². The Morgan fingerprint density at radius 2 is 1.67 bits per heavy atom. The maximum absolute atomic E-state index is 12.7. The molecular formula is C31H39ClN2O2. The number of benzene rings is 2. The van der Waals surface area contributed by atoms with E-state index >= 15 is 0 Å². The monoisotopic (exact) mass is 506 g/mol. The fourth-order valence-electron chi connectivity index (χ4n) is 4.86. The standard InChI is InChI=1S/C24H32N2O2.C7H7Cl/c1-5-19(15-17(2)3)24(16-22(27)18(4)23(28)25-24)20-9-11-21(12-10-20)26-13-7-6-8-14-26;1-6-4-2-3-5-7(6)8/h5,9-12,15,18H,6-8,13-14,16H2,1-4H3,(H,25,28);2-5H,1H3/b19-5+;. The third kappa shape index (κ3) is 6.47. The molecule has 2 atom stereocenters. The zero-order chi connectivity index (χ0) is 26.3. The van der Waals surface area contributed by atoms with Gasteiger partial charge in [-0.25, -0.2) is 0 Å². The van der Waals surface area contributed by atoms with Crippen LogP contribution in [0.1, 0.15) is 64.5 Å². The number of hydrogen-bond acceptors (Lipinski definition) is 3. The van der Waals surface area contributed by atoms with E-state index in [9.17, 15) is 9.59 Å². The molecule has 2 fully saturated rings. The summed E-state index contributed by atoms with van der Waals surface area (Å²) in [7, 11) is 0. The Hall–Kier alpha value is -2.85. The van der Waals surface area contributed by atoms with E-state index in [1.165, 1.54) is 24.9 Å². The summed E-state index contributed by atoms with van der Waals surface area (Å²) < 4.78 is 0. The normalized spacial score (nSPS) is 22.3. The molecule has 0 saturated carbocycles. The molecule has 2 saturated heterocycles.